The number of fused-ring (bicyclic) bond motifs is 2. The normalized spacial score (nSPS) is 11.9. The van der Waals surface area contributed by atoms with E-state index in [1.165, 1.54) is 0 Å². The molecular weight excluding hydrogens is 400 g/mol. The number of halogens is 1. The number of benzene rings is 1. The number of aryl methyl sites for hydroxylation is 1. The Morgan fingerprint density at radius 1 is 1.26 bits per heavy atom. The van der Waals surface area contributed by atoms with E-state index in [4.69, 9.17) is 21.6 Å². The molecule has 0 saturated carbocycles. The third kappa shape index (κ3) is 4.08. The van der Waals surface area contributed by atoms with Gasteiger partial charge in [0.2, 0.25) is 0 Å². The second-order valence-corrected chi connectivity index (χ2v) is 9.03. The number of hydrogen-bond acceptors (Lipinski definition) is 7. The van der Waals surface area contributed by atoms with Gasteiger partial charge in [-0.05, 0) is 36.9 Å². The molecule has 27 heavy (non-hydrogen) atoms. The largest absolute Gasteiger partial charge is 0.314 e. The maximum absolute atomic E-state index is 6.29. The van der Waals surface area contributed by atoms with Gasteiger partial charge in [0, 0.05) is 12.6 Å². The first-order valence-electron chi connectivity index (χ1n) is 8.74. The zero-order chi connectivity index (χ0) is 18.8. The Bertz CT molecular complexity index is 1070. The smallest absolute Gasteiger partial charge is 0.177 e. The van der Waals surface area contributed by atoms with Crippen LogP contribution in [0.5, 0.6) is 0 Å². The van der Waals surface area contributed by atoms with E-state index < -0.39 is 0 Å². The topological polar surface area (TPSA) is 68.5 Å². The lowest BCUT2D eigenvalue weighted by Gasteiger charge is -2.10. The fourth-order valence-electron chi connectivity index (χ4n) is 2.78. The summed E-state index contributed by atoms with van der Waals surface area (Å²) in [5.74, 6) is 0. The summed E-state index contributed by atoms with van der Waals surface area (Å²) in [6, 6.07) is 6.27. The third-order valence-electron chi connectivity index (χ3n) is 4.01. The van der Waals surface area contributed by atoms with Gasteiger partial charge in [-0.1, -0.05) is 31.5 Å². The number of rotatable bonds is 7. The Hall–Kier alpha value is -1.74. The van der Waals surface area contributed by atoms with Crippen molar-refractivity contribution in [3.05, 3.63) is 35.7 Å². The van der Waals surface area contributed by atoms with Crippen LogP contribution in [0.1, 0.15) is 20.3 Å². The van der Waals surface area contributed by atoms with Crippen LogP contribution in [0.4, 0.5) is 0 Å². The molecule has 3 aromatic heterocycles. The Balaban J connectivity index is 1.63. The standard InChI is InChI=1S/C18H19ClN6S2/c1-11(2)21-7-4-8-25-16-14(9-20-10-22-16)23-17(25)27-18-24-13-6-3-5-12(19)15(13)26-18/h3,5-6,9-11,21H,4,7-8H2,1-2H3. The van der Waals surface area contributed by atoms with Crippen molar-refractivity contribution in [3.63, 3.8) is 0 Å². The average molecular weight is 419 g/mol. The minimum Gasteiger partial charge on any atom is -0.314 e. The van der Waals surface area contributed by atoms with Gasteiger partial charge in [-0.2, -0.15) is 0 Å². The van der Waals surface area contributed by atoms with E-state index in [0.717, 1.165) is 55.4 Å². The van der Waals surface area contributed by atoms with Crippen molar-refractivity contribution in [2.24, 2.45) is 0 Å². The van der Waals surface area contributed by atoms with E-state index in [-0.39, 0.29) is 0 Å². The lowest BCUT2D eigenvalue weighted by molar-refractivity contribution is 0.525. The predicted octanol–water partition coefficient (Wildman–Crippen LogP) is 4.63. The molecule has 140 valence electrons. The monoisotopic (exact) mass is 418 g/mol. The number of hydrogen-bond donors (Lipinski definition) is 1. The van der Waals surface area contributed by atoms with Crippen LogP contribution in [0.2, 0.25) is 5.02 Å². The first-order chi connectivity index (χ1) is 13.1. The molecular formula is C18H19ClN6S2. The molecule has 1 aromatic carbocycles. The van der Waals surface area contributed by atoms with Crippen molar-refractivity contribution in [2.45, 2.75) is 42.4 Å². The predicted molar refractivity (Wildman–Crippen MR) is 112 cm³/mol. The minimum atomic E-state index is 0.480. The van der Waals surface area contributed by atoms with Crippen LogP contribution >= 0.6 is 34.7 Å². The van der Waals surface area contributed by atoms with E-state index in [1.54, 1.807) is 35.6 Å². The van der Waals surface area contributed by atoms with Gasteiger partial charge in [-0.3, -0.25) is 0 Å². The molecule has 0 aliphatic carbocycles. The van der Waals surface area contributed by atoms with Crippen LogP contribution in [-0.4, -0.2) is 37.1 Å². The van der Waals surface area contributed by atoms with Crippen LogP contribution in [0, 0.1) is 0 Å². The van der Waals surface area contributed by atoms with Crippen LogP contribution in [0.15, 0.2) is 40.2 Å². The number of aromatic nitrogens is 5. The highest BCUT2D eigenvalue weighted by Gasteiger charge is 2.16. The van der Waals surface area contributed by atoms with Crippen molar-refractivity contribution >= 4 is 56.1 Å². The van der Waals surface area contributed by atoms with Crippen LogP contribution in [-0.2, 0) is 6.54 Å². The molecule has 0 unspecified atom stereocenters. The molecule has 0 spiro atoms. The molecule has 4 rings (SSSR count). The van der Waals surface area contributed by atoms with Gasteiger partial charge in [0.1, 0.15) is 11.8 Å². The van der Waals surface area contributed by atoms with Gasteiger partial charge in [0.05, 0.1) is 21.4 Å². The molecule has 0 fully saturated rings. The van der Waals surface area contributed by atoms with Gasteiger partial charge in [-0.15, -0.1) is 11.3 Å². The highest BCUT2D eigenvalue weighted by Crippen LogP contribution is 2.37. The third-order valence-corrected chi connectivity index (χ3v) is 6.60. The molecule has 1 N–H and O–H groups in total. The molecule has 9 heteroatoms. The van der Waals surface area contributed by atoms with E-state index in [2.05, 4.69) is 33.7 Å². The number of nitrogens with one attached hydrogen (secondary N) is 1. The first-order valence-corrected chi connectivity index (χ1v) is 10.8. The summed E-state index contributed by atoms with van der Waals surface area (Å²) >= 11 is 9.43. The Kier molecular flexibility index (Phi) is 5.58. The van der Waals surface area contributed by atoms with E-state index >= 15 is 0 Å². The summed E-state index contributed by atoms with van der Waals surface area (Å²) < 4.78 is 4.07. The van der Waals surface area contributed by atoms with Gasteiger partial charge < -0.3 is 9.88 Å². The fourth-order valence-corrected chi connectivity index (χ4v) is 5.14. The zero-order valence-corrected chi connectivity index (χ0v) is 17.4. The first kappa shape index (κ1) is 18.6. The molecule has 0 radical (unpaired) electrons. The SMILES string of the molecule is CC(C)NCCCn1c(Sc2nc3cccc(Cl)c3s2)nc2cncnc21. The lowest BCUT2D eigenvalue weighted by Crippen LogP contribution is -2.24. The van der Waals surface area contributed by atoms with Gasteiger partial charge in [-0.25, -0.2) is 19.9 Å². The molecule has 6 nitrogen and oxygen atoms in total. The summed E-state index contributed by atoms with van der Waals surface area (Å²) in [5, 5.41) is 5.06. The molecule has 0 aliphatic heterocycles. The van der Waals surface area contributed by atoms with Crippen LogP contribution in [0.25, 0.3) is 21.4 Å². The molecule has 0 saturated heterocycles. The molecule has 0 atom stereocenters. The minimum absolute atomic E-state index is 0.480. The summed E-state index contributed by atoms with van der Waals surface area (Å²) in [7, 11) is 0. The number of nitrogens with zero attached hydrogens (tertiary/aromatic N) is 5. The Morgan fingerprint density at radius 2 is 2.15 bits per heavy atom. The van der Waals surface area contributed by atoms with E-state index in [0.29, 0.717) is 6.04 Å². The zero-order valence-electron chi connectivity index (χ0n) is 15.0. The highest BCUT2D eigenvalue weighted by atomic mass is 35.5. The van der Waals surface area contributed by atoms with Crippen molar-refractivity contribution in [1.82, 2.24) is 29.8 Å². The van der Waals surface area contributed by atoms with Crippen molar-refractivity contribution in [2.75, 3.05) is 6.54 Å². The summed E-state index contributed by atoms with van der Waals surface area (Å²) in [5.41, 5.74) is 2.57. The lowest BCUT2D eigenvalue weighted by atomic mass is 10.3. The average Bonchev–Trinajstić information content (AvgIpc) is 3.21. The Labute approximate surface area is 170 Å². The molecule has 4 aromatic rings. The van der Waals surface area contributed by atoms with E-state index in [9.17, 15) is 0 Å². The van der Waals surface area contributed by atoms with Crippen LogP contribution < -0.4 is 5.32 Å². The molecule has 3 heterocycles. The second-order valence-electron chi connectivity index (χ2n) is 6.41. The van der Waals surface area contributed by atoms with Crippen LogP contribution in [0.3, 0.4) is 0 Å². The van der Waals surface area contributed by atoms with Crippen molar-refractivity contribution in [1.29, 1.82) is 0 Å². The fraction of sp³-hybridized carbons (Fsp3) is 0.333. The maximum Gasteiger partial charge on any atom is 0.177 e. The highest BCUT2D eigenvalue weighted by molar-refractivity contribution is 8.01. The molecule has 0 aliphatic rings. The quantitative estimate of drug-likeness (QED) is 0.441. The maximum atomic E-state index is 6.29. The Morgan fingerprint density at radius 3 is 2.96 bits per heavy atom. The number of thiazole rings is 1. The summed E-state index contributed by atoms with van der Waals surface area (Å²) in [6.45, 7) is 6.09. The summed E-state index contributed by atoms with van der Waals surface area (Å²) in [6.07, 6.45) is 4.32. The van der Waals surface area contributed by atoms with Gasteiger partial charge >= 0.3 is 0 Å². The summed E-state index contributed by atoms with van der Waals surface area (Å²) in [4.78, 5) is 18.0. The number of imidazole rings is 1. The molecule has 0 bridgehead atoms. The van der Waals surface area contributed by atoms with Crippen molar-refractivity contribution in [3.8, 4) is 0 Å². The van der Waals surface area contributed by atoms with Gasteiger partial charge in [0.15, 0.2) is 15.1 Å². The van der Waals surface area contributed by atoms with Gasteiger partial charge in [0.25, 0.3) is 0 Å². The second kappa shape index (κ2) is 8.10. The van der Waals surface area contributed by atoms with Crippen molar-refractivity contribution < 1.29 is 0 Å². The van der Waals surface area contributed by atoms with E-state index in [1.807, 2.05) is 18.2 Å². The molecule has 0 amide bonds.